The normalized spacial score (nSPS) is 13.8. The molecule has 4 heteroatoms. The molecule has 1 N–H and O–H groups in total. The maximum atomic E-state index is 5.75. The highest BCUT2D eigenvalue weighted by Crippen LogP contribution is 2.31. The van der Waals surface area contributed by atoms with E-state index in [1.54, 1.807) is 14.2 Å². The molecule has 0 fully saturated rings. The van der Waals surface area contributed by atoms with Crippen molar-refractivity contribution in [1.82, 2.24) is 5.32 Å². The van der Waals surface area contributed by atoms with Gasteiger partial charge in [-0.05, 0) is 44.5 Å². The molecule has 4 nitrogen and oxygen atoms in total. The van der Waals surface area contributed by atoms with Crippen LogP contribution in [0.25, 0.3) is 0 Å². The van der Waals surface area contributed by atoms with Crippen LogP contribution in [0.1, 0.15) is 38.8 Å². The van der Waals surface area contributed by atoms with Gasteiger partial charge in [0.1, 0.15) is 0 Å². The Morgan fingerprint density at radius 2 is 1.80 bits per heavy atom. The second-order valence-electron chi connectivity index (χ2n) is 4.71. The van der Waals surface area contributed by atoms with E-state index in [1.807, 2.05) is 19.1 Å². The molecule has 1 rings (SSSR count). The van der Waals surface area contributed by atoms with Gasteiger partial charge in [0.15, 0.2) is 11.5 Å². The van der Waals surface area contributed by atoms with Crippen molar-refractivity contribution in [1.29, 1.82) is 0 Å². The molecule has 0 saturated heterocycles. The Morgan fingerprint density at radius 1 is 1.10 bits per heavy atom. The number of ether oxygens (including phenoxy) is 3. The van der Waals surface area contributed by atoms with Crippen LogP contribution in [-0.4, -0.2) is 33.5 Å². The van der Waals surface area contributed by atoms with Crippen LogP contribution in [-0.2, 0) is 4.74 Å². The third kappa shape index (κ3) is 4.39. The summed E-state index contributed by atoms with van der Waals surface area (Å²) in [4.78, 5) is 0. The first-order valence-electron chi connectivity index (χ1n) is 7.24. The number of hydrogen-bond donors (Lipinski definition) is 1. The van der Waals surface area contributed by atoms with Crippen molar-refractivity contribution in [3.05, 3.63) is 23.8 Å². The lowest BCUT2D eigenvalue weighted by Crippen LogP contribution is -2.32. The molecule has 114 valence electrons. The maximum absolute atomic E-state index is 5.75. The fourth-order valence-electron chi connectivity index (χ4n) is 2.26. The van der Waals surface area contributed by atoms with Crippen LogP contribution in [0.3, 0.4) is 0 Å². The van der Waals surface area contributed by atoms with E-state index in [0.717, 1.165) is 30.0 Å². The molecule has 0 amide bonds. The van der Waals surface area contributed by atoms with Crippen LogP contribution < -0.4 is 14.8 Å². The molecule has 0 aliphatic heterocycles. The van der Waals surface area contributed by atoms with Crippen molar-refractivity contribution in [2.45, 2.75) is 39.3 Å². The largest absolute Gasteiger partial charge is 0.493 e. The molecule has 20 heavy (non-hydrogen) atoms. The summed E-state index contributed by atoms with van der Waals surface area (Å²) in [7, 11) is 3.30. The van der Waals surface area contributed by atoms with Gasteiger partial charge in [0.05, 0.1) is 26.4 Å². The van der Waals surface area contributed by atoms with Crippen molar-refractivity contribution < 1.29 is 14.2 Å². The first-order chi connectivity index (χ1) is 9.67. The standard InChI is InChI=1S/C16H27NO3/c1-6-10-17-16(12(3)20-7-2)13-8-9-14(18-4)15(11-13)19-5/h8-9,11-12,16-17H,6-7,10H2,1-5H3. The van der Waals surface area contributed by atoms with Crippen LogP contribution in [0.4, 0.5) is 0 Å². The summed E-state index contributed by atoms with van der Waals surface area (Å²) in [6.45, 7) is 7.93. The van der Waals surface area contributed by atoms with E-state index in [-0.39, 0.29) is 12.1 Å². The number of hydrogen-bond acceptors (Lipinski definition) is 4. The predicted octanol–water partition coefficient (Wildman–Crippen LogP) is 3.17. The average molecular weight is 281 g/mol. The van der Waals surface area contributed by atoms with E-state index in [2.05, 4.69) is 25.2 Å². The van der Waals surface area contributed by atoms with Gasteiger partial charge in [-0.25, -0.2) is 0 Å². The summed E-state index contributed by atoms with van der Waals surface area (Å²) in [6.07, 6.45) is 1.19. The third-order valence-electron chi connectivity index (χ3n) is 3.28. The van der Waals surface area contributed by atoms with Crippen LogP contribution >= 0.6 is 0 Å². The number of nitrogens with one attached hydrogen (secondary N) is 1. The van der Waals surface area contributed by atoms with Gasteiger partial charge in [0.2, 0.25) is 0 Å². The number of methoxy groups -OCH3 is 2. The highest BCUT2D eigenvalue weighted by Gasteiger charge is 2.20. The second kappa shape index (κ2) is 8.82. The molecule has 2 unspecified atom stereocenters. The number of benzene rings is 1. The zero-order chi connectivity index (χ0) is 15.0. The molecule has 0 aliphatic carbocycles. The molecule has 0 heterocycles. The smallest absolute Gasteiger partial charge is 0.161 e. The molecule has 0 aliphatic rings. The molecule has 2 atom stereocenters. The topological polar surface area (TPSA) is 39.7 Å². The van der Waals surface area contributed by atoms with Crippen molar-refractivity contribution in [3.8, 4) is 11.5 Å². The fourth-order valence-corrected chi connectivity index (χ4v) is 2.26. The quantitative estimate of drug-likeness (QED) is 0.754. The summed E-state index contributed by atoms with van der Waals surface area (Å²) < 4.78 is 16.4. The molecule has 1 aromatic carbocycles. The van der Waals surface area contributed by atoms with Gasteiger partial charge in [0.25, 0.3) is 0 Å². The van der Waals surface area contributed by atoms with Gasteiger partial charge >= 0.3 is 0 Å². The Morgan fingerprint density at radius 3 is 2.35 bits per heavy atom. The summed E-state index contributed by atoms with van der Waals surface area (Å²) in [6, 6.07) is 6.16. The molecule has 0 aromatic heterocycles. The maximum Gasteiger partial charge on any atom is 0.161 e. The van der Waals surface area contributed by atoms with E-state index in [0.29, 0.717) is 6.61 Å². The molecule has 0 bridgehead atoms. The van der Waals surface area contributed by atoms with Crippen molar-refractivity contribution >= 4 is 0 Å². The zero-order valence-electron chi connectivity index (χ0n) is 13.2. The van der Waals surface area contributed by atoms with Crippen molar-refractivity contribution in [2.24, 2.45) is 0 Å². The molecule has 0 radical (unpaired) electrons. The van der Waals surface area contributed by atoms with Gasteiger partial charge in [-0.1, -0.05) is 13.0 Å². The highest BCUT2D eigenvalue weighted by molar-refractivity contribution is 5.44. The van der Waals surface area contributed by atoms with Crippen LogP contribution in [0.15, 0.2) is 18.2 Å². The number of rotatable bonds is 9. The Hall–Kier alpha value is -1.26. The minimum absolute atomic E-state index is 0.102. The summed E-state index contributed by atoms with van der Waals surface area (Å²) in [5, 5.41) is 3.54. The highest BCUT2D eigenvalue weighted by atomic mass is 16.5. The van der Waals surface area contributed by atoms with Gasteiger partial charge in [-0.3, -0.25) is 0 Å². The van der Waals surface area contributed by atoms with E-state index >= 15 is 0 Å². The lowest BCUT2D eigenvalue weighted by atomic mass is 10.0. The van der Waals surface area contributed by atoms with Gasteiger partial charge < -0.3 is 19.5 Å². The fraction of sp³-hybridized carbons (Fsp3) is 0.625. The summed E-state index contributed by atoms with van der Waals surface area (Å²) >= 11 is 0. The Balaban J connectivity index is 2.99. The minimum atomic E-state index is 0.102. The van der Waals surface area contributed by atoms with E-state index in [4.69, 9.17) is 14.2 Å². The van der Waals surface area contributed by atoms with Crippen LogP contribution in [0.5, 0.6) is 11.5 Å². The molecule has 0 spiro atoms. The Labute approximate surface area is 122 Å². The minimum Gasteiger partial charge on any atom is -0.493 e. The molecule has 1 aromatic rings. The van der Waals surface area contributed by atoms with E-state index in [1.165, 1.54) is 0 Å². The van der Waals surface area contributed by atoms with Gasteiger partial charge in [0, 0.05) is 6.61 Å². The average Bonchev–Trinajstić information content (AvgIpc) is 2.47. The first-order valence-corrected chi connectivity index (χ1v) is 7.24. The molecule has 0 saturated carbocycles. The molecular formula is C16H27NO3. The monoisotopic (exact) mass is 281 g/mol. The van der Waals surface area contributed by atoms with Crippen LogP contribution in [0.2, 0.25) is 0 Å². The second-order valence-corrected chi connectivity index (χ2v) is 4.71. The Kier molecular flexibility index (Phi) is 7.41. The lowest BCUT2D eigenvalue weighted by molar-refractivity contribution is 0.0472. The zero-order valence-corrected chi connectivity index (χ0v) is 13.2. The van der Waals surface area contributed by atoms with E-state index < -0.39 is 0 Å². The summed E-state index contributed by atoms with van der Waals surface area (Å²) in [5.74, 6) is 1.49. The van der Waals surface area contributed by atoms with Crippen LogP contribution in [0, 0.1) is 0 Å². The lowest BCUT2D eigenvalue weighted by Gasteiger charge is -2.26. The van der Waals surface area contributed by atoms with Crippen molar-refractivity contribution in [2.75, 3.05) is 27.4 Å². The van der Waals surface area contributed by atoms with Gasteiger partial charge in [-0.2, -0.15) is 0 Å². The molecular weight excluding hydrogens is 254 g/mol. The van der Waals surface area contributed by atoms with Gasteiger partial charge in [-0.15, -0.1) is 0 Å². The van der Waals surface area contributed by atoms with Crippen molar-refractivity contribution in [3.63, 3.8) is 0 Å². The third-order valence-corrected chi connectivity index (χ3v) is 3.28. The Bertz CT molecular complexity index is 395. The first kappa shape index (κ1) is 16.8. The van der Waals surface area contributed by atoms with E-state index in [9.17, 15) is 0 Å². The summed E-state index contributed by atoms with van der Waals surface area (Å²) in [5.41, 5.74) is 1.15. The SMILES string of the molecule is CCCNC(c1ccc(OC)c(OC)c1)C(C)OCC. The predicted molar refractivity (Wildman–Crippen MR) is 81.7 cm³/mol.